The Kier molecular flexibility index (Phi) is 4.55. The van der Waals surface area contributed by atoms with Gasteiger partial charge in [-0.15, -0.1) is 0 Å². The topological polar surface area (TPSA) is 56.5 Å². The van der Waals surface area contributed by atoms with Gasteiger partial charge in [0, 0.05) is 31.9 Å². The van der Waals surface area contributed by atoms with E-state index in [4.69, 9.17) is 4.74 Å². The van der Waals surface area contributed by atoms with Crippen LogP contribution in [0.4, 0.5) is 0 Å². The third-order valence-electron chi connectivity index (χ3n) is 3.54. The van der Waals surface area contributed by atoms with Gasteiger partial charge in [-0.1, -0.05) is 6.92 Å². The lowest BCUT2D eigenvalue weighted by Gasteiger charge is -2.32. The Bertz CT molecular complexity index is 535. The van der Waals surface area contributed by atoms with E-state index in [1.165, 1.54) is 15.2 Å². The lowest BCUT2D eigenvalue weighted by molar-refractivity contribution is -0.0354. The van der Waals surface area contributed by atoms with Crippen LogP contribution in [0, 0.1) is 0 Å². The van der Waals surface area contributed by atoms with Gasteiger partial charge in [0.15, 0.2) is 0 Å². The van der Waals surface area contributed by atoms with Crippen molar-refractivity contribution in [2.75, 3.05) is 26.2 Å². The molecule has 0 saturated carbocycles. The molecule has 0 aliphatic carbocycles. The van der Waals surface area contributed by atoms with E-state index in [2.05, 4.69) is 11.8 Å². The van der Waals surface area contributed by atoms with Crippen molar-refractivity contribution < 1.29 is 4.74 Å². The molecule has 1 aromatic rings. The summed E-state index contributed by atoms with van der Waals surface area (Å²) in [6.07, 6.45) is 1.45. The maximum absolute atomic E-state index is 12.1. The number of hydrogen-bond donors (Lipinski definition) is 0. The number of aromatic nitrogens is 2. The molecule has 0 N–H and O–H groups in total. The second kappa shape index (κ2) is 6.16. The van der Waals surface area contributed by atoms with Gasteiger partial charge < -0.3 is 9.30 Å². The molecule has 1 saturated heterocycles. The molecule has 1 aliphatic rings. The van der Waals surface area contributed by atoms with Crippen molar-refractivity contribution in [3.8, 4) is 0 Å². The molecule has 0 aromatic carbocycles. The number of ether oxygens (including phenoxy) is 1. The molecule has 2 heterocycles. The average Bonchev–Trinajstić information content (AvgIpc) is 2.44. The highest BCUT2D eigenvalue weighted by Crippen LogP contribution is 2.05. The first-order valence-electron chi connectivity index (χ1n) is 6.80. The van der Waals surface area contributed by atoms with Gasteiger partial charge in [-0.25, -0.2) is 4.79 Å². The highest BCUT2D eigenvalue weighted by atomic mass is 16.5. The van der Waals surface area contributed by atoms with Gasteiger partial charge in [-0.05, 0) is 13.5 Å². The van der Waals surface area contributed by atoms with Gasteiger partial charge in [0.25, 0.3) is 5.56 Å². The van der Waals surface area contributed by atoms with Crippen LogP contribution in [0.25, 0.3) is 0 Å². The SMILES string of the molecule is CCN1CCOC(Cn2c(=O)ccn(CC)c2=O)C1. The van der Waals surface area contributed by atoms with Crippen molar-refractivity contribution in [1.29, 1.82) is 0 Å². The minimum Gasteiger partial charge on any atom is -0.374 e. The van der Waals surface area contributed by atoms with Gasteiger partial charge >= 0.3 is 5.69 Å². The Morgan fingerprint density at radius 1 is 1.32 bits per heavy atom. The van der Waals surface area contributed by atoms with Crippen molar-refractivity contribution in [2.24, 2.45) is 0 Å². The molecule has 0 radical (unpaired) electrons. The van der Waals surface area contributed by atoms with Crippen LogP contribution in [0.15, 0.2) is 21.9 Å². The summed E-state index contributed by atoms with van der Waals surface area (Å²) in [5.74, 6) is 0. The van der Waals surface area contributed by atoms with Crippen molar-refractivity contribution in [3.05, 3.63) is 33.1 Å². The quantitative estimate of drug-likeness (QED) is 0.755. The predicted molar refractivity (Wildman–Crippen MR) is 72.5 cm³/mol. The van der Waals surface area contributed by atoms with E-state index in [0.717, 1.165) is 19.6 Å². The Hall–Kier alpha value is -1.40. The van der Waals surface area contributed by atoms with Crippen molar-refractivity contribution in [3.63, 3.8) is 0 Å². The summed E-state index contributed by atoms with van der Waals surface area (Å²) in [4.78, 5) is 26.2. The van der Waals surface area contributed by atoms with Crippen LogP contribution in [0.2, 0.25) is 0 Å². The number of aryl methyl sites for hydroxylation is 1. The van der Waals surface area contributed by atoms with E-state index in [9.17, 15) is 9.59 Å². The summed E-state index contributed by atoms with van der Waals surface area (Å²) >= 11 is 0. The van der Waals surface area contributed by atoms with Gasteiger partial charge in [0.1, 0.15) is 0 Å². The molecule has 1 aromatic heterocycles. The maximum atomic E-state index is 12.1. The zero-order chi connectivity index (χ0) is 13.8. The number of nitrogens with zero attached hydrogens (tertiary/aromatic N) is 3. The molecule has 106 valence electrons. The molecule has 0 bridgehead atoms. The molecule has 6 heteroatoms. The van der Waals surface area contributed by atoms with Crippen molar-refractivity contribution in [2.45, 2.75) is 33.0 Å². The lowest BCUT2D eigenvalue weighted by atomic mass is 10.2. The minimum atomic E-state index is -0.257. The fourth-order valence-electron chi connectivity index (χ4n) is 2.35. The Balaban J connectivity index is 2.19. The molecule has 19 heavy (non-hydrogen) atoms. The van der Waals surface area contributed by atoms with E-state index in [-0.39, 0.29) is 17.4 Å². The first-order chi connectivity index (χ1) is 9.15. The molecule has 1 aliphatic heterocycles. The molecule has 1 atom stereocenters. The van der Waals surface area contributed by atoms with Gasteiger partial charge in [0.2, 0.25) is 0 Å². The number of rotatable bonds is 4. The van der Waals surface area contributed by atoms with Crippen LogP contribution in [-0.4, -0.2) is 46.4 Å². The highest BCUT2D eigenvalue weighted by molar-refractivity contribution is 4.87. The van der Waals surface area contributed by atoms with Crippen LogP contribution >= 0.6 is 0 Å². The fourth-order valence-corrected chi connectivity index (χ4v) is 2.35. The van der Waals surface area contributed by atoms with Crippen LogP contribution in [0.5, 0.6) is 0 Å². The second-order valence-corrected chi connectivity index (χ2v) is 4.72. The van der Waals surface area contributed by atoms with E-state index in [0.29, 0.717) is 19.7 Å². The van der Waals surface area contributed by atoms with Crippen LogP contribution in [0.1, 0.15) is 13.8 Å². The molecule has 2 rings (SSSR count). The minimum absolute atomic E-state index is 0.0909. The normalized spacial score (nSPS) is 20.6. The lowest BCUT2D eigenvalue weighted by Crippen LogP contribution is -2.48. The zero-order valence-electron chi connectivity index (χ0n) is 11.5. The standard InChI is InChI=1S/C13H21N3O3/c1-3-14-7-8-19-11(9-14)10-16-12(17)5-6-15(4-2)13(16)18/h5-6,11H,3-4,7-10H2,1-2H3. The molecular formula is C13H21N3O3. The molecule has 6 nitrogen and oxygen atoms in total. The predicted octanol–water partition coefficient (Wildman–Crippen LogP) is -0.249. The highest BCUT2D eigenvalue weighted by Gasteiger charge is 2.21. The van der Waals surface area contributed by atoms with Gasteiger partial charge in [-0.3, -0.25) is 14.3 Å². The van der Waals surface area contributed by atoms with E-state index >= 15 is 0 Å². The number of likely N-dealkylation sites (N-methyl/N-ethyl adjacent to an activating group) is 1. The summed E-state index contributed by atoms with van der Waals surface area (Å²) in [6, 6.07) is 1.44. The zero-order valence-corrected chi connectivity index (χ0v) is 11.5. The summed E-state index contributed by atoms with van der Waals surface area (Å²) in [6.45, 7) is 8.16. The van der Waals surface area contributed by atoms with E-state index in [1.807, 2.05) is 6.92 Å². The maximum Gasteiger partial charge on any atom is 0.331 e. The number of morpholine rings is 1. The van der Waals surface area contributed by atoms with Gasteiger partial charge in [0.05, 0.1) is 19.3 Å². The van der Waals surface area contributed by atoms with Crippen LogP contribution in [0.3, 0.4) is 0 Å². The third kappa shape index (κ3) is 3.13. The van der Waals surface area contributed by atoms with Crippen molar-refractivity contribution >= 4 is 0 Å². The van der Waals surface area contributed by atoms with Crippen LogP contribution < -0.4 is 11.2 Å². The molecular weight excluding hydrogens is 246 g/mol. The summed E-state index contributed by atoms with van der Waals surface area (Å²) in [7, 11) is 0. The number of hydrogen-bond acceptors (Lipinski definition) is 4. The smallest absolute Gasteiger partial charge is 0.331 e. The molecule has 1 fully saturated rings. The fraction of sp³-hybridized carbons (Fsp3) is 0.692. The Morgan fingerprint density at radius 3 is 2.79 bits per heavy atom. The molecule has 0 spiro atoms. The Labute approximate surface area is 112 Å². The average molecular weight is 267 g/mol. The Morgan fingerprint density at radius 2 is 2.11 bits per heavy atom. The summed E-state index contributed by atoms with van der Waals surface area (Å²) < 4.78 is 8.45. The van der Waals surface area contributed by atoms with E-state index < -0.39 is 0 Å². The first kappa shape index (κ1) is 14.0. The largest absolute Gasteiger partial charge is 0.374 e. The second-order valence-electron chi connectivity index (χ2n) is 4.72. The summed E-state index contributed by atoms with van der Waals surface area (Å²) in [5.41, 5.74) is -0.515. The van der Waals surface area contributed by atoms with Crippen molar-refractivity contribution in [1.82, 2.24) is 14.0 Å². The van der Waals surface area contributed by atoms with E-state index in [1.54, 1.807) is 6.20 Å². The van der Waals surface area contributed by atoms with Crippen LogP contribution in [-0.2, 0) is 17.8 Å². The van der Waals surface area contributed by atoms with Gasteiger partial charge in [-0.2, -0.15) is 0 Å². The molecule has 1 unspecified atom stereocenters. The monoisotopic (exact) mass is 267 g/mol. The summed E-state index contributed by atoms with van der Waals surface area (Å²) in [5, 5.41) is 0. The first-order valence-corrected chi connectivity index (χ1v) is 6.80. The molecule has 0 amide bonds. The third-order valence-corrected chi connectivity index (χ3v) is 3.54.